The molecule has 0 heterocycles. The van der Waals surface area contributed by atoms with Crippen molar-refractivity contribution < 1.29 is 9.53 Å². The number of esters is 1. The van der Waals surface area contributed by atoms with Crippen LogP contribution >= 0.6 is 56.8 Å². The van der Waals surface area contributed by atoms with Crippen LogP contribution < -0.4 is 0 Å². The van der Waals surface area contributed by atoms with Crippen LogP contribution in [0.5, 0.6) is 0 Å². The Balaban J connectivity index is 3.33. The quantitative estimate of drug-likeness (QED) is 0.394. The van der Waals surface area contributed by atoms with Crippen molar-refractivity contribution >= 4 is 62.8 Å². The van der Waals surface area contributed by atoms with Gasteiger partial charge in [-0.2, -0.15) is 0 Å². The summed E-state index contributed by atoms with van der Waals surface area (Å²) in [5.41, 5.74) is 0.441. The van der Waals surface area contributed by atoms with Crippen molar-refractivity contribution in [2.24, 2.45) is 0 Å². The first-order valence-electron chi connectivity index (χ1n) is 3.29. The molecular weight excluding hydrogens is 417 g/mol. The lowest BCUT2D eigenvalue weighted by Gasteiger charge is -2.05. The minimum Gasteiger partial charge on any atom is -0.465 e. The van der Waals surface area contributed by atoms with Crippen molar-refractivity contribution in [2.45, 2.75) is 0 Å². The van der Waals surface area contributed by atoms with Crippen molar-refractivity contribution in [3.05, 3.63) is 29.9 Å². The molecule has 0 aliphatic carbocycles. The van der Waals surface area contributed by atoms with Crippen LogP contribution in [0.15, 0.2) is 12.1 Å². The smallest absolute Gasteiger partial charge is 0.340 e. The van der Waals surface area contributed by atoms with Gasteiger partial charge in [0.05, 0.1) is 17.7 Å². The van der Waals surface area contributed by atoms with E-state index in [-0.39, 0.29) is 0 Å². The summed E-state index contributed by atoms with van der Waals surface area (Å²) in [6, 6.07) is 3.69. The summed E-state index contributed by atoms with van der Waals surface area (Å²) in [6.07, 6.45) is 0. The van der Waals surface area contributed by atoms with Crippen LogP contribution in [-0.4, -0.2) is 13.1 Å². The predicted octanol–water partition coefficient (Wildman–Crippen LogP) is 3.34. The molecule has 0 radical (unpaired) electrons. The van der Waals surface area contributed by atoms with Crippen LogP contribution in [0.25, 0.3) is 0 Å². The Morgan fingerprint density at radius 3 is 2.46 bits per heavy atom. The fraction of sp³-hybridized carbons (Fsp3) is 0.125. The first kappa shape index (κ1) is 11.5. The molecule has 70 valence electrons. The van der Waals surface area contributed by atoms with Gasteiger partial charge >= 0.3 is 5.97 Å². The molecule has 1 rings (SSSR count). The van der Waals surface area contributed by atoms with E-state index in [0.717, 1.165) is 7.14 Å². The Kier molecular flexibility index (Phi) is 4.24. The summed E-state index contributed by atoms with van der Waals surface area (Å²) >= 11 is 10.1. The van der Waals surface area contributed by atoms with Crippen LogP contribution in [0.3, 0.4) is 0 Å². The highest BCUT2D eigenvalue weighted by atomic mass is 127. The zero-order valence-corrected chi connectivity index (χ0v) is 11.7. The second-order valence-corrected chi connectivity index (χ2v) is 4.91. The molecule has 0 spiro atoms. The van der Waals surface area contributed by atoms with Crippen LogP contribution in [0.2, 0.25) is 5.02 Å². The lowest BCUT2D eigenvalue weighted by atomic mass is 10.2. The standard InChI is InChI=1S/C8H5ClI2O2/c1-13-8(12)6-4(10)2-3-5(11)7(6)9/h2-3H,1H3. The molecule has 0 unspecified atom stereocenters. The molecule has 0 saturated carbocycles. The molecule has 1 aromatic rings. The van der Waals surface area contributed by atoms with Gasteiger partial charge in [-0.3, -0.25) is 0 Å². The van der Waals surface area contributed by atoms with Gasteiger partial charge in [0.15, 0.2) is 0 Å². The van der Waals surface area contributed by atoms with Crippen LogP contribution in [0.4, 0.5) is 0 Å². The highest BCUT2D eigenvalue weighted by Gasteiger charge is 2.16. The second-order valence-electron chi connectivity index (χ2n) is 2.21. The number of rotatable bonds is 1. The van der Waals surface area contributed by atoms with E-state index in [2.05, 4.69) is 49.9 Å². The Hall–Kier alpha value is 0.440. The van der Waals surface area contributed by atoms with Gasteiger partial charge in [-0.05, 0) is 57.3 Å². The average Bonchev–Trinajstić information content (AvgIpc) is 2.12. The molecule has 2 nitrogen and oxygen atoms in total. The van der Waals surface area contributed by atoms with Crippen molar-refractivity contribution in [3.63, 3.8) is 0 Å². The van der Waals surface area contributed by atoms with Gasteiger partial charge in [0.1, 0.15) is 0 Å². The van der Waals surface area contributed by atoms with E-state index in [9.17, 15) is 4.79 Å². The molecular formula is C8H5ClI2O2. The van der Waals surface area contributed by atoms with Crippen LogP contribution in [0.1, 0.15) is 10.4 Å². The number of carbonyl (C=O) groups is 1. The average molecular weight is 422 g/mol. The van der Waals surface area contributed by atoms with E-state index < -0.39 is 5.97 Å². The summed E-state index contributed by atoms with van der Waals surface area (Å²) in [6.45, 7) is 0. The van der Waals surface area contributed by atoms with Gasteiger partial charge in [-0.1, -0.05) is 11.6 Å². The first-order valence-corrected chi connectivity index (χ1v) is 5.83. The minimum absolute atomic E-state index is 0.395. The number of hydrogen-bond donors (Lipinski definition) is 0. The molecule has 0 amide bonds. The Bertz CT molecular complexity index is 352. The van der Waals surface area contributed by atoms with E-state index in [1.807, 2.05) is 12.1 Å². The molecule has 0 N–H and O–H groups in total. The molecule has 0 atom stereocenters. The number of halogens is 3. The van der Waals surface area contributed by atoms with Gasteiger partial charge in [-0.15, -0.1) is 0 Å². The maximum atomic E-state index is 11.3. The Labute approximate surface area is 108 Å². The SMILES string of the molecule is COC(=O)c1c(I)ccc(I)c1Cl. The fourth-order valence-electron chi connectivity index (χ4n) is 0.816. The normalized spacial score (nSPS) is 9.85. The highest BCUT2D eigenvalue weighted by molar-refractivity contribution is 14.1. The Morgan fingerprint density at radius 1 is 1.38 bits per heavy atom. The largest absolute Gasteiger partial charge is 0.465 e. The molecule has 1 aromatic carbocycles. The van der Waals surface area contributed by atoms with E-state index in [1.54, 1.807) is 0 Å². The first-order chi connectivity index (χ1) is 6.07. The summed E-state index contributed by atoms with van der Waals surface area (Å²) < 4.78 is 6.27. The van der Waals surface area contributed by atoms with Crippen molar-refractivity contribution in [2.75, 3.05) is 7.11 Å². The van der Waals surface area contributed by atoms with Crippen molar-refractivity contribution in [1.29, 1.82) is 0 Å². The molecule has 13 heavy (non-hydrogen) atoms. The maximum Gasteiger partial charge on any atom is 0.340 e. The molecule has 0 fully saturated rings. The van der Waals surface area contributed by atoms with E-state index in [4.69, 9.17) is 11.6 Å². The lowest BCUT2D eigenvalue weighted by molar-refractivity contribution is 0.0599. The molecule has 0 saturated heterocycles. The monoisotopic (exact) mass is 422 g/mol. The number of benzene rings is 1. The number of carbonyl (C=O) groups excluding carboxylic acids is 1. The van der Waals surface area contributed by atoms with Gasteiger partial charge in [0.25, 0.3) is 0 Å². The van der Waals surface area contributed by atoms with Gasteiger partial charge in [0, 0.05) is 7.14 Å². The van der Waals surface area contributed by atoms with Gasteiger partial charge in [0.2, 0.25) is 0 Å². The van der Waals surface area contributed by atoms with Crippen molar-refractivity contribution in [1.82, 2.24) is 0 Å². The third kappa shape index (κ3) is 2.47. The van der Waals surface area contributed by atoms with Crippen LogP contribution in [-0.2, 0) is 4.74 Å². The fourth-order valence-corrected chi connectivity index (χ4v) is 2.34. The number of ether oxygens (including phenoxy) is 1. The van der Waals surface area contributed by atoms with Gasteiger partial charge in [-0.25, -0.2) is 4.79 Å². The predicted molar refractivity (Wildman–Crippen MR) is 68.2 cm³/mol. The third-order valence-corrected chi connectivity index (χ3v) is 3.94. The molecule has 0 aromatic heterocycles. The van der Waals surface area contributed by atoms with E-state index in [1.165, 1.54) is 7.11 Å². The third-order valence-electron chi connectivity index (χ3n) is 1.43. The zero-order chi connectivity index (χ0) is 10.0. The molecule has 0 aliphatic heterocycles. The van der Waals surface area contributed by atoms with Gasteiger partial charge < -0.3 is 4.74 Å². The number of methoxy groups -OCH3 is 1. The molecule has 0 bridgehead atoms. The number of hydrogen-bond acceptors (Lipinski definition) is 2. The summed E-state index contributed by atoms with van der Waals surface area (Å²) in [4.78, 5) is 11.3. The Morgan fingerprint density at radius 2 is 1.92 bits per heavy atom. The van der Waals surface area contributed by atoms with E-state index >= 15 is 0 Å². The van der Waals surface area contributed by atoms with Crippen molar-refractivity contribution in [3.8, 4) is 0 Å². The maximum absolute atomic E-state index is 11.3. The molecule has 0 aliphatic rings. The lowest BCUT2D eigenvalue weighted by Crippen LogP contribution is -2.05. The van der Waals surface area contributed by atoms with Crippen LogP contribution in [0, 0.1) is 7.14 Å². The van der Waals surface area contributed by atoms with E-state index in [0.29, 0.717) is 10.6 Å². The summed E-state index contributed by atoms with van der Waals surface area (Å²) in [5, 5.41) is 0.458. The zero-order valence-electron chi connectivity index (χ0n) is 6.61. The molecule has 5 heteroatoms. The minimum atomic E-state index is -0.395. The summed E-state index contributed by atoms with van der Waals surface area (Å²) in [7, 11) is 1.34. The topological polar surface area (TPSA) is 26.3 Å². The highest BCUT2D eigenvalue weighted by Crippen LogP contribution is 2.27. The second kappa shape index (κ2) is 4.79. The summed E-state index contributed by atoms with van der Waals surface area (Å²) in [5.74, 6) is -0.395.